The number of hydrogen-bond donors (Lipinski definition) is 1. The minimum absolute atomic E-state index is 0.0253. The molecule has 2 aromatic rings. The number of anilines is 1. The van der Waals surface area contributed by atoms with Crippen molar-refractivity contribution in [1.82, 2.24) is 15.1 Å². The maximum absolute atomic E-state index is 13.3. The summed E-state index contributed by atoms with van der Waals surface area (Å²) >= 11 is 0. The van der Waals surface area contributed by atoms with Gasteiger partial charge in [0.15, 0.2) is 0 Å². The first-order valence-electron chi connectivity index (χ1n) is 11.9. The number of benzene rings is 2. The first kappa shape index (κ1) is 24.2. The lowest BCUT2D eigenvalue weighted by Crippen LogP contribution is -2.42. The Kier molecular flexibility index (Phi) is 6.69. The molecule has 2 aliphatic rings. The van der Waals surface area contributed by atoms with Crippen LogP contribution in [0.25, 0.3) is 0 Å². The zero-order chi connectivity index (χ0) is 24.5. The monoisotopic (exact) mass is 464 g/mol. The Bertz CT molecular complexity index is 1020. The second-order valence-corrected chi connectivity index (χ2v) is 10.5. The zero-order valence-corrected chi connectivity index (χ0v) is 20.9. The topological polar surface area (TPSA) is 65.1 Å². The molecule has 0 saturated carbocycles. The van der Waals surface area contributed by atoms with E-state index in [-0.39, 0.29) is 24.0 Å². The van der Waals surface area contributed by atoms with Gasteiger partial charge < -0.3 is 15.0 Å². The van der Waals surface area contributed by atoms with E-state index in [1.54, 1.807) is 6.92 Å². The Morgan fingerprint density at radius 1 is 1.00 bits per heavy atom. The molecule has 7 nitrogen and oxygen atoms in total. The smallest absolute Gasteiger partial charge is 0.326 e. The van der Waals surface area contributed by atoms with Gasteiger partial charge in [0.25, 0.3) is 5.91 Å². The average molecular weight is 465 g/mol. The molecule has 2 saturated heterocycles. The number of nitrogens with zero attached hydrogens (tertiary/aromatic N) is 3. The quantitative estimate of drug-likeness (QED) is 0.661. The number of imide groups is 1. The van der Waals surface area contributed by atoms with Crippen molar-refractivity contribution in [3.8, 4) is 0 Å². The SMILES string of the molecule is CN(Cc1ccc(N2CCOCC2)cc1)CN1C(=O)NC(C)(c2ccc(C(C)(C)C)cc2)C1=O. The molecule has 0 aliphatic carbocycles. The van der Waals surface area contributed by atoms with Gasteiger partial charge in [-0.15, -0.1) is 0 Å². The average Bonchev–Trinajstić information content (AvgIpc) is 3.03. The number of hydrogen-bond acceptors (Lipinski definition) is 5. The second kappa shape index (κ2) is 9.39. The summed E-state index contributed by atoms with van der Waals surface area (Å²) in [5, 5.41) is 2.91. The van der Waals surface area contributed by atoms with Crippen LogP contribution in [0, 0.1) is 0 Å². The summed E-state index contributed by atoms with van der Waals surface area (Å²) in [6, 6.07) is 16.1. The first-order valence-corrected chi connectivity index (χ1v) is 11.9. The number of carbonyl (C=O) groups is 2. The van der Waals surface area contributed by atoms with E-state index in [0.717, 1.165) is 37.4 Å². The molecule has 1 atom stereocenters. The fourth-order valence-corrected chi connectivity index (χ4v) is 4.56. The van der Waals surface area contributed by atoms with Crippen LogP contribution in [-0.2, 0) is 27.0 Å². The van der Waals surface area contributed by atoms with Crippen LogP contribution < -0.4 is 10.2 Å². The first-order chi connectivity index (χ1) is 16.1. The lowest BCUT2D eigenvalue weighted by Gasteiger charge is -2.29. The van der Waals surface area contributed by atoms with Crippen molar-refractivity contribution in [1.29, 1.82) is 0 Å². The van der Waals surface area contributed by atoms with Gasteiger partial charge >= 0.3 is 6.03 Å². The van der Waals surface area contributed by atoms with Crippen molar-refractivity contribution >= 4 is 17.6 Å². The molecule has 3 amide bonds. The molecular formula is C27H36N4O3. The zero-order valence-electron chi connectivity index (χ0n) is 20.9. The highest BCUT2D eigenvalue weighted by atomic mass is 16.5. The largest absolute Gasteiger partial charge is 0.378 e. The minimum atomic E-state index is -1.06. The van der Waals surface area contributed by atoms with Gasteiger partial charge in [-0.3, -0.25) is 9.69 Å². The van der Waals surface area contributed by atoms with Crippen molar-refractivity contribution in [2.45, 2.75) is 45.2 Å². The normalized spacial score (nSPS) is 21.4. The van der Waals surface area contributed by atoms with E-state index in [1.165, 1.54) is 16.2 Å². The van der Waals surface area contributed by atoms with E-state index in [9.17, 15) is 9.59 Å². The Morgan fingerprint density at radius 2 is 1.62 bits per heavy atom. The summed E-state index contributed by atoms with van der Waals surface area (Å²) in [4.78, 5) is 31.7. The maximum Gasteiger partial charge on any atom is 0.326 e. The lowest BCUT2D eigenvalue weighted by molar-refractivity contribution is -0.132. The van der Waals surface area contributed by atoms with Crippen LogP contribution >= 0.6 is 0 Å². The minimum Gasteiger partial charge on any atom is -0.378 e. The number of urea groups is 1. The van der Waals surface area contributed by atoms with Gasteiger partial charge in [-0.1, -0.05) is 57.2 Å². The number of morpholine rings is 1. The molecule has 1 unspecified atom stereocenters. The number of carbonyl (C=O) groups excluding carboxylic acids is 2. The van der Waals surface area contributed by atoms with Crippen LogP contribution in [-0.4, -0.2) is 61.8 Å². The molecule has 0 radical (unpaired) electrons. The maximum atomic E-state index is 13.3. The third-order valence-electron chi connectivity index (χ3n) is 6.75. The molecule has 2 aliphatic heterocycles. The van der Waals surface area contributed by atoms with Crippen LogP contribution in [0.2, 0.25) is 0 Å². The molecule has 34 heavy (non-hydrogen) atoms. The summed E-state index contributed by atoms with van der Waals surface area (Å²) in [5.41, 5.74) is 3.27. The highest BCUT2D eigenvalue weighted by Crippen LogP contribution is 2.31. The molecule has 2 heterocycles. The van der Waals surface area contributed by atoms with Crippen molar-refractivity contribution < 1.29 is 14.3 Å². The predicted octanol–water partition coefficient (Wildman–Crippen LogP) is 3.68. The van der Waals surface area contributed by atoms with E-state index in [4.69, 9.17) is 4.74 Å². The van der Waals surface area contributed by atoms with Gasteiger partial charge in [0.2, 0.25) is 0 Å². The highest BCUT2D eigenvalue weighted by Gasteiger charge is 2.49. The fourth-order valence-electron chi connectivity index (χ4n) is 4.56. The molecule has 0 aromatic heterocycles. The summed E-state index contributed by atoms with van der Waals surface area (Å²) in [5.74, 6) is -0.226. The van der Waals surface area contributed by atoms with Gasteiger partial charge in [0.1, 0.15) is 5.54 Å². The highest BCUT2D eigenvalue weighted by molar-refractivity contribution is 6.07. The second-order valence-electron chi connectivity index (χ2n) is 10.5. The van der Waals surface area contributed by atoms with Crippen molar-refractivity contribution in [2.75, 3.05) is 44.9 Å². The summed E-state index contributed by atoms with van der Waals surface area (Å²) in [6.45, 7) is 12.4. The third kappa shape index (κ3) is 4.95. The van der Waals surface area contributed by atoms with E-state index >= 15 is 0 Å². The number of rotatable bonds is 6. The van der Waals surface area contributed by atoms with Gasteiger partial charge in [0.05, 0.1) is 19.9 Å². The molecule has 2 fully saturated rings. The van der Waals surface area contributed by atoms with E-state index in [2.05, 4.69) is 55.3 Å². The van der Waals surface area contributed by atoms with Gasteiger partial charge in [-0.2, -0.15) is 0 Å². The van der Waals surface area contributed by atoms with Gasteiger partial charge in [0, 0.05) is 25.3 Å². The molecule has 182 valence electrons. The predicted molar refractivity (Wildman–Crippen MR) is 134 cm³/mol. The lowest BCUT2D eigenvalue weighted by atomic mass is 9.84. The van der Waals surface area contributed by atoms with E-state index in [1.807, 2.05) is 36.2 Å². The molecule has 4 rings (SSSR count). The van der Waals surface area contributed by atoms with Crippen molar-refractivity contribution in [3.05, 3.63) is 65.2 Å². The van der Waals surface area contributed by atoms with Crippen molar-refractivity contribution in [3.63, 3.8) is 0 Å². The number of amides is 3. The van der Waals surface area contributed by atoms with Crippen molar-refractivity contribution in [2.24, 2.45) is 0 Å². The van der Waals surface area contributed by atoms with E-state index < -0.39 is 5.54 Å². The molecule has 0 bridgehead atoms. The summed E-state index contributed by atoms with van der Waals surface area (Å²) < 4.78 is 5.43. The molecule has 0 spiro atoms. The van der Waals surface area contributed by atoms with Crippen LogP contribution in [0.1, 0.15) is 44.4 Å². The standard InChI is InChI=1S/C27H36N4O3/c1-26(2,3)21-8-10-22(11-9-21)27(4)24(32)31(25(33)28-27)19-29(5)18-20-6-12-23(13-7-20)30-14-16-34-17-15-30/h6-13H,14-19H2,1-5H3,(H,28,33). The molecular weight excluding hydrogens is 428 g/mol. The van der Waals surface area contributed by atoms with Crippen LogP contribution in [0.5, 0.6) is 0 Å². The third-order valence-corrected chi connectivity index (χ3v) is 6.75. The Labute approximate surface area is 202 Å². The summed E-state index contributed by atoms with van der Waals surface area (Å²) in [6.07, 6.45) is 0. The van der Waals surface area contributed by atoms with Gasteiger partial charge in [-0.25, -0.2) is 9.69 Å². The van der Waals surface area contributed by atoms with Crippen LogP contribution in [0.3, 0.4) is 0 Å². The molecule has 1 N–H and O–H groups in total. The Hall–Kier alpha value is -2.90. The Balaban J connectivity index is 1.39. The number of ether oxygens (including phenoxy) is 1. The number of nitrogens with one attached hydrogen (secondary N) is 1. The molecule has 2 aromatic carbocycles. The van der Waals surface area contributed by atoms with Crippen LogP contribution in [0.15, 0.2) is 48.5 Å². The fraction of sp³-hybridized carbons (Fsp3) is 0.481. The Morgan fingerprint density at radius 3 is 2.21 bits per heavy atom. The summed E-state index contributed by atoms with van der Waals surface area (Å²) in [7, 11) is 1.92. The van der Waals surface area contributed by atoms with E-state index in [0.29, 0.717) is 6.54 Å². The van der Waals surface area contributed by atoms with Crippen LogP contribution in [0.4, 0.5) is 10.5 Å². The van der Waals surface area contributed by atoms with Gasteiger partial charge in [-0.05, 0) is 48.2 Å². The molecule has 7 heteroatoms.